The molecular formula is C11H18O2. The second-order valence-electron chi connectivity index (χ2n) is 5.23. The molecule has 13 heavy (non-hydrogen) atoms. The molecule has 0 N–H and O–H groups in total. The van der Waals surface area contributed by atoms with Gasteiger partial charge in [-0.3, -0.25) is 4.79 Å². The summed E-state index contributed by atoms with van der Waals surface area (Å²) < 4.78 is 5.39. The van der Waals surface area contributed by atoms with Gasteiger partial charge >= 0.3 is 0 Å². The fraction of sp³-hybridized carbons (Fsp3) is 0.909. The van der Waals surface area contributed by atoms with Crippen LogP contribution in [-0.2, 0) is 9.53 Å². The lowest BCUT2D eigenvalue weighted by molar-refractivity contribution is -0.134. The molecular weight excluding hydrogens is 164 g/mol. The van der Waals surface area contributed by atoms with Gasteiger partial charge in [0.25, 0.3) is 0 Å². The van der Waals surface area contributed by atoms with Gasteiger partial charge in [-0.2, -0.15) is 0 Å². The highest BCUT2D eigenvalue weighted by molar-refractivity contribution is 5.87. The summed E-state index contributed by atoms with van der Waals surface area (Å²) in [4.78, 5) is 11.9. The van der Waals surface area contributed by atoms with Crippen molar-refractivity contribution in [3.05, 3.63) is 0 Å². The number of carbonyl (C=O) groups is 1. The summed E-state index contributed by atoms with van der Waals surface area (Å²) in [5, 5.41) is 0. The summed E-state index contributed by atoms with van der Waals surface area (Å²) >= 11 is 0. The maximum atomic E-state index is 11.9. The van der Waals surface area contributed by atoms with E-state index in [1.807, 2.05) is 0 Å². The topological polar surface area (TPSA) is 26.3 Å². The van der Waals surface area contributed by atoms with E-state index in [-0.39, 0.29) is 10.8 Å². The van der Waals surface area contributed by atoms with Gasteiger partial charge in [0.1, 0.15) is 6.61 Å². The molecule has 0 radical (unpaired) electrons. The van der Waals surface area contributed by atoms with Gasteiger partial charge < -0.3 is 4.74 Å². The van der Waals surface area contributed by atoms with Gasteiger partial charge in [0.05, 0.1) is 6.61 Å². The Bertz CT molecular complexity index is 242. The maximum Gasteiger partial charge on any atom is 0.164 e. The Kier molecular flexibility index (Phi) is 1.82. The molecule has 2 nitrogen and oxygen atoms in total. The second kappa shape index (κ2) is 2.57. The van der Waals surface area contributed by atoms with E-state index in [1.165, 1.54) is 0 Å². The van der Waals surface area contributed by atoms with E-state index in [1.54, 1.807) is 0 Å². The van der Waals surface area contributed by atoms with Crippen molar-refractivity contribution in [2.75, 3.05) is 13.2 Å². The van der Waals surface area contributed by atoms with E-state index in [0.717, 1.165) is 19.4 Å². The molecule has 2 heteroatoms. The van der Waals surface area contributed by atoms with Crippen LogP contribution in [0.1, 0.15) is 33.6 Å². The molecule has 0 spiro atoms. The predicted molar refractivity (Wildman–Crippen MR) is 50.4 cm³/mol. The Morgan fingerprint density at radius 3 is 2.77 bits per heavy atom. The van der Waals surface area contributed by atoms with Crippen LogP contribution in [0.3, 0.4) is 0 Å². The minimum Gasteiger partial charge on any atom is -0.373 e. The van der Waals surface area contributed by atoms with Crippen molar-refractivity contribution in [3.63, 3.8) is 0 Å². The Morgan fingerprint density at radius 1 is 1.38 bits per heavy atom. The highest BCUT2D eigenvalue weighted by Gasteiger charge is 2.56. The summed E-state index contributed by atoms with van der Waals surface area (Å²) in [5.41, 5.74) is -0.00521. The van der Waals surface area contributed by atoms with Gasteiger partial charge in [0.2, 0.25) is 0 Å². The number of hydrogen-bond donors (Lipinski definition) is 0. The molecule has 0 aromatic carbocycles. The van der Waals surface area contributed by atoms with Gasteiger partial charge in [-0.05, 0) is 24.2 Å². The SMILES string of the molecule is CC1(C)C2CC[C@@]1(C)C(=O)COC2. The molecule has 2 rings (SSSR count). The molecule has 2 aliphatic rings. The third-order valence-corrected chi connectivity index (χ3v) is 4.60. The van der Waals surface area contributed by atoms with Crippen LogP contribution in [-0.4, -0.2) is 19.0 Å². The summed E-state index contributed by atoms with van der Waals surface area (Å²) in [5.74, 6) is 0.876. The third kappa shape index (κ3) is 1.01. The number of carbonyl (C=O) groups excluding carboxylic acids is 1. The monoisotopic (exact) mass is 182 g/mol. The fourth-order valence-electron chi connectivity index (χ4n) is 2.84. The first kappa shape index (κ1) is 9.20. The van der Waals surface area contributed by atoms with Crippen molar-refractivity contribution in [2.45, 2.75) is 33.6 Å². The van der Waals surface area contributed by atoms with Gasteiger partial charge in [-0.25, -0.2) is 0 Å². The predicted octanol–water partition coefficient (Wildman–Crippen LogP) is 2.03. The first-order chi connectivity index (χ1) is 5.98. The van der Waals surface area contributed by atoms with Crippen LogP contribution in [0.2, 0.25) is 0 Å². The van der Waals surface area contributed by atoms with Crippen LogP contribution >= 0.6 is 0 Å². The van der Waals surface area contributed by atoms with Crippen molar-refractivity contribution in [1.82, 2.24) is 0 Å². The first-order valence-corrected chi connectivity index (χ1v) is 5.09. The molecule has 1 unspecified atom stereocenters. The summed E-state index contributed by atoms with van der Waals surface area (Å²) in [7, 11) is 0. The van der Waals surface area contributed by atoms with Crippen LogP contribution in [0.4, 0.5) is 0 Å². The molecule has 0 aromatic rings. The molecule has 2 atom stereocenters. The van der Waals surface area contributed by atoms with Gasteiger partial charge in [-0.15, -0.1) is 0 Å². The molecule has 1 aliphatic heterocycles. The quantitative estimate of drug-likeness (QED) is 0.573. The number of ketones is 1. The standard InChI is InChI=1S/C11H18O2/c1-10(2)8-4-5-11(10,3)9(12)7-13-6-8/h8H,4-7H2,1-3H3/t8?,11-/m0/s1. The molecule has 1 saturated heterocycles. The number of Topliss-reactive ketones (excluding diaryl/α,β-unsaturated/α-hetero) is 1. The zero-order valence-electron chi connectivity index (χ0n) is 8.72. The van der Waals surface area contributed by atoms with E-state index in [0.29, 0.717) is 18.3 Å². The number of fused-ring (bicyclic) bond motifs is 2. The number of ether oxygens (including phenoxy) is 1. The highest BCUT2D eigenvalue weighted by atomic mass is 16.5. The van der Waals surface area contributed by atoms with Crippen molar-refractivity contribution in [1.29, 1.82) is 0 Å². The van der Waals surface area contributed by atoms with E-state index in [2.05, 4.69) is 20.8 Å². The van der Waals surface area contributed by atoms with E-state index < -0.39 is 0 Å². The van der Waals surface area contributed by atoms with Crippen LogP contribution < -0.4 is 0 Å². The number of hydrogen-bond acceptors (Lipinski definition) is 2. The third-order valence-electron chi connectivity index (χ3n) is 4.60. The molecule has 2 bridgehead atoms. The molecule has 1 saturated carbocycles. The van der Waals surface area contributed by atoms with Crippen LogP contribution in [0, 0.1) is 16.7 Å². The van der Waals surface area contributed by atoms with Gasteiger partial charge in [0.15, 0.2) is 5.78 Å². The normalized spacial score (nSPS) is 43.3. The zero-order valence-corrected chi connectivity index (χ0v) is 8.72. The minimum atomic E-state index is -0.131. The van der Waals surface area contributed by atoms with Gasteiger partial charge in [0, 0.05) is 5.41 Å². The highest BCUT2D eigenvalue weighted by Crippen LogP contribution is 2.57. The van der Waals surface area contributed by atoms with Crippen molar-refractivity contribution >= 4 is 5.78 Å². The van der Waals surface area contributed by atoms with Crippen LogP contribution in [0.5, 0.6) is 0 Å². The summed E-state index contributed by atoms with van der Waals surface area (Å²) in [6.45, 7) is 7.66. The van der Waals surface area contributed by atoms with Crippen molar-refractivity contribution in [3.8, 4) is 0 Å². The van der Waals surface area contributed by atoms with E-state index in [9.17, 15) is 4.79 Å². The molecule has 1 heterocycles. The Balaban J connectivity index is 2.42. The molecule has 0 amide bonds. The van der Waals surface area contributed by atoms with Crippen LogP contribution in [0.25, 0.3) is 0 Å². The second-order valence-corrected chi connectivity index (χ2v) is 5.23. The fourth-order valence-corrected chi connectivity index (χ4v) is 2.84. The lowest BCUT2D eigenvalue weighted by atomic mass is 9.64. The smallest absolute Gasteiger partial charge is 0.164 e. The first-order valence-electron chi connectivity index (χ1n) is 5.09. The Morgan fingerprint density at radius 2 is 2.08 bits per heavy atom. The average molecular weight is 182 g/mol. The van der Waals surface area contributed by atoms with Crippen LogP contribution in [0.15, 0.2) is 0 Å². The lowest BCUT2D eigenvalue weighted by Gasteiger charge is -2.38. The average Bonchev–Trinajstić information content (AvgIpc) is 2.22. The lowest BCUT2D eigenvalue weighted by Crippen LogP contribution is -2.40. The largest absolute Gasteiger partial charge is 0.373 e. The molecule has 74 valence electrons. The summed E-state index contributed by atoms with van der Waals surface area (Å²) in [6.07, 6.45) is 2.20. The number of rotatable bonds is 0. The molecule has 0 aromatic heterocycles. The Labute approximate surface area is 79.7 Å². The van der Waals surface area contributed by atoms with Gasteiger partial charge in [-0.1, -0.05) is 20.8 Å². The minimum absolute atomic E-state index is 0.126. The Hall–Kier alpha value is -0.370. The summed E-state index contributed by atoms with van der Waals surface area (Å²) in [6, 6.07) is 0. The maximum absolute atomic E-state index is 11.9. The van der Waals surface area contributed by atoms with Crippen molar-refractivity contribution < 1.29 is 9.53 Å². The molecule has 2 fully saturated rings. The van der Waals surface area contributed by atoms with Crippen molar-refractivity contribution in [2.24, 2.45) is 16.7 Å². The van der Waals surface area contributed by atoms with E-state index in [4.69, 9.17) is 4.74 Å². The van der Waals surface area contributed by atoms with E-state index >= 15 is 0 Å². The zero-order chi connectivity index (χ0) is 9.69. The molecule has 1 aliphatic carbocycles.